The lowest BCUT2D eigenvalue weighted by Gasteiger charge is -2.16. The number of hydrogen-bond acceptors (Lipinski definition) is 3. The zero-order chi connectivity index (χ0) is 14.5. The number of hydrogen-bond donors (Lipinski definition) is 1. The molecule has 3 heteroatoms. The van der Waals surface area contributed by atoms with Crippen molar-refractivity contribution in [3.05, 3.63) is 59.2 Å². The van der Waals surface area contributed by atoms with E-state index in [0.29, 0.717) is 0 Å². The number of nitrogens with two attached hydrogens (primary N) is 1. The highest BCUT2D eigenvalue weighted by molar-refractivity contribution is 5.40. The molecule has 106 valence electrons. The Morgan fingerprint density at radius 1 is 1.00 bits per heavy atom. The lowest BCUT2D eigenvalue weighted by molar-refractivity contribution is 0.392. The van der Waals surface area contributed by atoms with Crippen LogP contribution in [0, 0.1) is 6.92 Å². The third-order valence-electron chi connectivity index (χ3n) is 3.50. The molecule has 0 spiro atoms. The van der Waals surface area contributed by atoms with Crippen molar-refractivity contribution in [1.29, 1.82) is 0 Å². The van der Waals surface area contributed by atoms with Gasteiger partial charge in [0.25, 0.3) is 0 Å². The second kappa shape index (κ2) is 6.44. The molecular formula is C17H21NO2. The van der Waals surface area contributed by atoms with E-state index in [4.69, 9.17) is 15.2 Å². The second-order valence-electron chi connectivity index (χ2n) is 4.88. The zero-order valence-electron chi connectivity index (χ0n) is 12.2. The average molecular weight is 271 g/mol. The van der Waals surface area contributed by atoms with Gasteiger partial charge in [-0.1, -0.05) is 24.3 Å². The smallest absolute Gasteiger partial charge is 0.122 e. The third-order valence-corrected chi connectivity index (χ3v) is 3.50. The molecule has 2 N–H and O–H groups in total. The Kier molecular flexibility index (Phi) is 4.64. The fourth-order valence-corrected chi connectivity index (χ4v) is 2.24. The maximum atomic E-state index is 6.33. The van der Waals surface area contributed by atoms with E-state index in [1.165, 1.54) is 11.1 Å². The van der Waals surface area contributed by atoms with Crippen LogP contribution in [0.4, 0.5) is 0 Å². The van der Waals surface area contributed by atoms with Crippen molar-refractivity contribution in [2.24, 2.45) is 5.73 Å². The summed E-state index contributed by atoms with van der Waals surface area (Å²) < 4.78 is 10.6. The van der Waals surface area contributed by atoms with Crippen LogP contribution in [0.2, 0.25) is 0 Å². The van der Waals surface area contributed by atoms with Crippen LogP contribution in [-0.4, -0.2) is 14.2 Å². The van der Waals surface area contributed by atoms with Crippen molar-refractivity contribution in [3.63, 3.8) is 0 Å². The molecule has 0 bridgehead atoms. The molecule has 0 aliphatic heterocycles. The van der Waals surface area contributed by atoms with Crippen molar-refractivity contribution in [2.45, 2.75) is 19.4 Å². The number of rotatable bonds is 5. The SMILES string of the molecule is COc1cc(OC)cc(C(N)Cc2ccccc2C)c1. The van der Waals surface area contributed by atoms with Crippen molar-refractivity contribution < 1.29 is 9.47 Å². The predicted octanol–water partition coefficient (Wildman–Crippen LogP) is 3.25. The molecule has 2 aromatic carbocycles. The molecule has 0 saturated carbocycles. The maximum absolute atomic E-state index is 6.33. The quantitative estimate of drug-likeness (QED) is 0.908. The van der Waals surface area contributed by atoms with Gasteiger partial charge in [-0.2, -0.15) is 0 Å². The van der Waals surface area contributed by atoms with Crippen LogP contribution in [0.3, 0.4) is 0 Å². The third kappa shape index (κ3) is 3.31. The van der Waals surface area contributed by atoms with Gasteiger partial charge < -0.3 is 15.2 Å². The summed E-state index contributed by atoms with van der Waals surface area (Å²) in [6, 6.07) is 14.0. The summed E-state index contributed by atoms with van der Waals surface area (Å²) in [6.45, 7) is 2.11. The normalized spacial score (nSPS) is 12.0. The first-order valence-corrected chi connectivity index (χ1v) is 6.67. The zero-order valence-corrected chi connectivity index (χ0v) is 12.2. The number of benzene rings is 2. The second-order valence-corrected chi connectivity index (χ2v) is 4.88. The Morgan fingerprint density at radius 3 is 2.15 bits per heavy atom. The fraction of sp³-hybridized carbons (Fsp3) is 0.294. The van der Waals surface area contributed by atoms with Gasteiger partial charge in [-0.25, -0.2) is 0 Å². The topological polar surface area (TPSA) is 44.5 Å². The number of methoxy groups -OCH3 is 2. The van der Waals surface area contributed by atoms with Gasteiger partial charge in [0, 0.05) is 12.1 Å². The number of aryl methyl sites for hydroxylation is 1. The lowest BCUT2D eigenvalue weighted by Crippen LogP contribution is -2.14. The molecule has 0 heterocycles. The lowest BCUT2D eigenvalue weighted by atomic mass is 9.96. The first-order chi connectivity index (χ1) is 9.63. The van der Waals surface area contributed by atoms with E-state index in [9.17, 15) is 0 Å². The van der Waals surface area contributed by atoms with Gasteiger partial charge in [-0.05, 0) is 42.2 Å². The van der Waals surface area contributed by atoms with E-state index in [0.717, 1.165) is 23.5 Å². The Morgan fingerprint density at radius 2 is 1.60 bits per heavy atom. The highest BCUT2D eigenvalue weighted by Crippen LogP contribution is 2.27. The molecule has 0 fully saturated rings. The molecule has 3 nitrogen and oxygen atoms in total. The van der Waals surface area contributed by atoms with Gasteiger partial charge >= 0.3 is 0 Å². The first-order valence-electron chi connectivity index (χ1n) is 6.67. The van der Waals surface area contributed by atoms with Crippen LogP contribution >= 0.6 is 0 Å². The van der Waals surface area contributed by atoms with E-state index in [2.05, 4.69) is 19.1 Å². The Balaban J connectivity index is 2.24. The summed E-state index contributed by atoms with van der Waals surface area (Å²) in [6.07, 6.45) is 0.795. The van der Waals surface area contributed by atoms with E-state index in [-0.39, 0.29) is 6.04 Å². The Bertz CT molecular complexity index is 559. The van der Waals surface area contributed by atoms with E-state index in [1.54, 1.807) is 14.2 Å². The van der Waals surface area contributed by atoms with Crippen LogP contribution in [-0.2, 0) is 6.42 Å². The maximum Gasteiger partial charge on any atom is 0.122 e. The summed E-state index contributed by atoms with van der Waals surface area (Å²) in [7, 11) is 3.29. The summed E-state index contributed by atoms with van der Waals surface area (Å²) in [5, 5.41) is 0. The van der Waals surface area contributed by atoms with Crippen molar-refractivity contribution in [1.82, 2.24) is 0 Å². The van der Waals surface area contributed by atoms with Gasteiger partial charge in [-0.3, -0.25) is 0 Å². The van der Waals surface area contributed by atoms with Gasteiger partial charge in [0.2, 0.25) is 0 Å². The molecule has 0 amide bonds. The first kappa shape index (κ1) is 14.4. The molecule has 0 aliphatic rings. The van der Waals surface area contributed by atoms with Crippen molar-refractivity contribution in [2.75, 3.05) is 14.2 Å². The van der Waals surface area contributed by atoms with Crippen molar-refractivity contribution >= 4 is 0 Å². The van der Waals surface area contributed by atoms with E-state index < -0.39 is 0 Å². The summed E-state index contributed by atoms with van der Waals surface area (Å²) in [5.74, 6) is 1.53. The van der Waals surface area contributed by atoms with Crippen LogP contribution in [0.5, 0.6) is 11.5 Å². The Labute approximate surface area is 120 Å². The molecule has 20 heavy (non-hydrogen) atoms. The van der Waals surface area contributed by atoms with Gasteiger partial charge in [0.05, 0.1) is 14.2 Å². The average Bonchev–Trinajstić information content (AvgIpc) is 2.48. The summed E-state index contributed by atoms with van der Waals surface area (Å²) in [5.41, 5.74) is 9.88. The van der Waals surface area contributed by atoms with Gasteiger partial charge in [0.15, 0.2) is 0 Å². The molecule has 0 radical (unpaired) electrons. The summed E-state index contributed by atoms with van der Waals surface area (Å²) in [4.78, 5) is 0. The van der Waals surface area contributed by atoms with E-state index >= 15 is 0 Å². The van der Waals surface area contributed by atoms with Crippen LogP contribution < -0.4 is 15.2 Å². The van der Waals surface area contributed by atoms with Crippen LogP contribution in [0.1, 0.15) is 22.7 Å². The molecule has 1 atom stereocenters. The standard InChI is InChI=1S/C17H21NO2/c1-12-6-4-5-7-13(12)10-17(18)14-8-15(19-2)11-16(9-14)20-3/h4-9,11,17H,10,18H2,1-3H3. The highest BCUT2D eigenvalue weighted by atomic mass is 16.5. The number of ether oxygens (including phenoxy) is 2. The molecule has 0 aliphatic carbocycles. The van der Waals surface area contributed by atoms with Crippen LogP contribution in [0.15, 0.2) is 42.5 Å². The largest absolute Gasteiger partial charge is 0.497 e. The minimum absolute atomic E-state index is 0.0832. The Hall–Kier alpha value is -2.00. The van der Waals surface area contributed by atoms with Gasteiger partial charge in [-0.15, -0.1) is 0 Å². The van der Waals surface area contributed by atoms with E-state index in [1.807, 2.05) is 30.3 Å². The molecule has 2 rings (SSSR count). The minimum atomic E-state index is -0.0832. The highest BCUT2D eigenvalue weighted by Gasteiger charge is 2.11. The molecular weight excluding hydrogens is 250 g/mol. The summed E-state index contributed by atoms with van der Waals surface area (Å²) >= 11 is 0. The van der Waals surface area contributed by atoms with Crippen molar-refractivity contribution in [3.8, 4) is 11.5 Å². The predicted molar refractivity (Wildman–Crippen MR) is 81.4 cm³/mol. The molecule has 0 saturated heterocycles. The molecule has 0 aromatic heterocycles. The fourth-order valence-electron chi connectivity index (χ4n) is 2.24. The van der Waals surface area contributed by atoms with Gasteiger partial charge in [0.1, 0.15) is 11.5 Å². The molecule has 1 unspecified atom stereocenters. The molecule has 2 aromatic rings. The minimum Gasteiger partial charge on any atom is -0.497 e. The van der Waals surface area contributed by atoms with Crippen LogP contribution in [0.25, 0.3) is 0 Å². The monoisotopic (exact) mass is 271 g/mol.